The van der Waals surface area contributed by atoms with E-state index in [4.69, 9.17) is 9.47 Å². The molecule has 3 rings (SSSR count). The second kappa shape index (κ2) is 5.58. The van der Waals surface area contributed by atoms with Crippen LogP contribution in [0.4, 0.5) is 11.5 Å². The van der Waals surface area contributed by atoms with E-state index in [0.29, 0.717) is 36.8 Å². The Kier molecular flexibility index (Phi) is 3.62. The third-order valence-electron chi connectivity index (χ3n) is 3.45. The maximum atomic E-state index is 9.45. The molecule has 1 fully saturated rings. The van der Waals surface area contributed by atoms with Gasteiger partial charge in [0.05, 0.1) is 31.8 Å². The summed E-state index contributed by atoms with van der Waals surface area (Å²) in [5, 5.41) is 9.45. The van der Waals surface area contributed by atoms with Gasteiger partial charge in [0.15, 0.2) is 11.6 Å². The van der Waals surface area contributed by atoms with Crippen molar-refractivity contribution >= 4 is 17.8 Å². The highest BCUT2D eigenvalue weighted by Gasteiger charge is 2.33. The molecule has 3 heterocycles. The van der Waals surface area contributed by atoms with Gasteiger partial charge in [-0.3, -0.25) is 0 Å². The normalized spacial score (nSPS) is 20.4. The summed E-state index contributed by atoms with van der Waals surface area (Å²) in [6.45, 7) is 2.56. The Morgan fingerprint density at radius 3 is 3.14 bits per heavy atom. The van der Waals surface area contributed by atoms with E-state index in [0.717, 1.165) is 12.4 Å². The highest BCUT2D eigenvalue weighted by molar-refractivity contribution is 5.73. The number of hydrogen-bond acceptors (Lipinski definition) is 6. The van der Waals surface area contributed by atoms with E-state index in [1.165, 1.54) is 0 Å². The number of anilines is 1. The summed E-state index contributed by atoms with van der Waals surface area (Å²) in [5.41, 5.74) is 0.958. The molecule has 0 bridgehead atoms. The Morgan fingerprint density at radius 1 is 1.52 bits per heavy atom. The highest BCUT2D eigenvalue weighted by atomic mass is 16.5. The number of nitrogens with zero attached hydrogens (tertiary/aromatic N) is 5. The zero-order valence-corrected chi connectivity index (χ0v) is 12.1. The molecule has 2 aliphatic heterocycles. The lowest BCUT2D eigenvalue weighted by atomic mass is 10.1. The molecule has 0 radical (unpaired) electrons. The molecule has 21 heavy (non-hydrogen) atoms. The van der Waals surface area contributed by atoms with E-state index in [2.05, 4.69) is 20.9 Å². The SMILES string of the molecule is CN(C)C=Nc1cnc2c(c1C#N)OC[C@H]1COCCN21. The van der Waals surface area contributed by atoms with Crippen LogP contribution in [0.25, 0.3) is 0 Å². The molecule has 7 heteroatoms. The maximum Gasteiger partial charge on any atom is 0.181 e. The minimum absolute atomic E-state index is 0.168. The monoisotopic (exact) mass is 287 g/mol. The summed E-state index contributed by atoms with van der Waals surface area (Å²) in [7, 11) is 3.74. The van der Waals surface area contributed by atoms with Gasteiger partial charge in [-0.1, -0.05) is 0 Å². The van der Waals surface area contributed by atoms with Gasteiger partial charge in [0.25, 0.3) is 0 Å². The van der Waals surface area contributed by atoms with Gasteiger partial charge in [-0.05, 0) is 0 Å². The van der Waals surface area contributed by atoms with Crippen molar-refractivity contribution in [2.75, 3.05) is 45.4 Å². The summed E-state index contributed by atoms with van der Waals surface area (Å²) in [5.74, 6) is 1.25. The number of nitriles is 1. The van der Waals surface area contributed by atoms with Crippen molar-refractivity contribution in [2.24, 2.45) is 4.99 Å². The van der Waals surface area contributed by atoms with Crippen molar-refractivity contribution in [3.05, 3.63) is 11.8 Å². The van der Waals surface area contributed by atoms with E-state index in [-0.39, 0.29) is 6.04 Å². The number of ether oxygens (including phenoxy) is 2. The van der Waals surface area contributed by atoms with Gasteiger partial charge >= 0.3 is 0 Å². The first kappa shape index (κ1) is 13.6. The van der Waals surface area contributed by atoms with Gasteiger partial charge in [-0.15, -0.1) is 0 Å². The van der Waals surface area contributed by atoms with Gasteiger partial charge in [-0.25, -0.2) is 9.98 Å². The average Bonchev–Trinajstić information content (AvgIpc) is 2.51. The van der Waals surface area contributed by atoms with Crippen LogP contribution in [-0.2, 0) is 4.74 Å². The first-order valence-electron chi connectivity index (χ1n) is 6.81. The minimum Gasteiger partial charge on any atom is -0.486 e. The lowest BCUT2D eigenvalue weighted by Crippen LogP contribution is -2.51. The maximum absolute atomic E-state index is 9.45. The summed E-state index contributed by atoms with van der Waals surface area (Å²) < 4.78 is 11.2. The number of pyridine rings is 1. The fourth-order valence-corrected chi connectivity index (χ4v) is 2.45. The van der Waals surface area contributed by atoms with E-state index in [9.17, 15) is 5.26 Å². The topological polar surface area (TPSA) is 74.0 Å². The molecule has 0 unspecified atom stereocenters. The second-order valence-electron chi connectivity index (χ2n) is 5.22. The molecular weight excluding hydrogens is 270 g/mol. The van der Waals surface area contributed by atoms with Gasteiger partial charge in [0.1, 0.15) is 23.9 Å². The molecule has 0 aromatic carbocycles. The average molecular weight is 287 g/mol. The number of aliphatic imine (C=N–C) groups is 1. The Bertz CT molecular complexity index is 608. The van der Waals surface area contributed by atoms with Crippen LogP contribution in [0.3, 0.4) is 0 Å². The predicted octanol–water partition coefficient (Wildman–Crippen LogP) is 0.772. The molecule has 1 aromatic rings. The van der Waals surface area contributed by atoms with Crippen LogP contribution >= 0.6 is 0 Å². The molecule has 0 spiro atoms. The van der Waals surface area contributed by atoms with Crippen molar-refractivity contribution < 1.29 is 9.47 Å². The first-order chi connectivity index (χ1) is 10.2. The summed E-state index contributed by atoms with van der Waals surface area (Å²) >= 11 is 0. The first-order valence-corrected chi connectivity index (χ1v) is 6.81. The standard InChI is InChI=1S/C14H17N5O2/c1-18(2)9-17-12-6-16-14-13(11(12)5-15)21-8-10-7-20-4-3-19(10)14/h6,9-10H,3-4,7-8H2,1-2H3/t10-/m1/s1. The van der Waals surface area contributed by atoms with Crippen LogP contribution in [0.15, 0.2) is 11.2 Å². The van der Waals surface area contributed by atoms with Crippen LogP contribution < -0.4 is 9.64 Å². The smallest absolute Gasteiger partial charge is 0.181 e. The third-order valence-corrected chi connectivity index (χ3v) is 3.45. The number of rotatable bonds is 2. The molecule has 0 aliphatic carbocycles. The predicted molar refractivity (Wildman–Crippen MR) is 78.2 cm³/mol. The fourth-order valence-electron chi connectivity index (χ4n) is 2.45. The molecule has 2 aliphatic rings. The van der Waals surface area contributed by atoms with Crippen molar-refractivity contribution in [2.45, 2.75) is 6.04 Å². The molecule has 1 atom stereocenters. The largest absolute Gasteiger partial charge is 0.486 e. The fraction of sp³-hybridized carbons (Fsp3) is 0.500. The van der Waals surface area contributed by atoms with Gasteiger partial charge in [0.2, 0.25) is 0 Å². The molecule has 0 N–H and O–H groups in total. The molecule has 1 aromatic heterocycles. The van der Waals surface area contributed by atoms with Gasteiger partial charge < -0.3 is 19.3 Å². The van der Waals surface area contributed by atoms with Crippen molar-refractivity contribution in [1.82, 2.24) is 9.88 Å². The lowest BCUT2D eigenvalue weighted by Gasteiger charge is -2.40. The molecule has 110 valence electrons. The Labute approximate surface area is 123 Å². The quantitative estimate of drug-likeness (QED) is 0.591. The highest BCUT2D eigenvalue weighted by Crippen LogP contribution is 2.39. The van der Waals surface area contributed by atoms with E-state index >= 15 is 0 Å². The molecule has 0 saturated carbocycles. The van der Waals surface area contributed by atoms with Crippen LogP contribution in [-0.4, -0.2) is 62.7 Å². The van der Waals surface area contributed by atoms with E-state index in [1.54, 1.807) is 17.4 Å². The van der Waals surface area contributed by atoms with Crippen molar-refractivity contribution in [3.8, 4) is 11.8 Å². The second-order valence-corrected chi connectivity index (χ2v) is 5.22. The Hall–Kier alpha value is -2.33. The third kappa shape index (κ3) is 2.50. The molecule has 1 saturated heterocycles. The summed E-state index contributed by atoms with van der Waals surface area (Å²) in [6.07, 6.45) is 3.27. The Morgan fingerprint density at radius 2 is 2.38 bits per heavy atom. The molecule has 0 amide bonds. The number of morpholine rings is 1. The van der Waals surface area contributed by atoms with Crippen LogP contribution in [0, 0.1) is 11.3 Å². The zero-order chi connectivity index (χ0) is 14.8. The molecular formula is C14H17N5O2. The zero-order valence-electron chi connectivity index (χ0n) is 12.1. The van der Waals surface area contributed by atoms with Crippen LogP contribution in [0.2, 0.25) is 0 Å². The number of aromatic nitrogens is 1. The summed E-state index contributed by atoms with van der Waals surface area (Å²) in [4.78, 5) is 12.7. The lowest BCUT2D eigenvalue weighted by molar-refractivity contribution is 0.0697. The van der Waals surface area contributed by atoms with E-state index in [1.807, 2.05) is 14.1 Å². The van der Waals surface area contributed by atoms with Crippen LogP contribution in [0.5, 0.6) is 5.75 Å². The summed E-state index contributed by atoms with van der Waals surface area (Å²) in [6, 6.07) is 2.36. The van der Waals surface area contributed by atoms with E-state index < -0.39 is 0 Å². The Balaban J connectivity index is 2.01. The minimum atomic E-state index is 0.168. The van der Waals surface area contributed by atoms with Gasteiger partial charge in [0, 0.05) is 20.6 Å². The van der Waals surface area contributed by atoms with Crippen molar-refractivity contribution in [1.29, 1.82) is 5.26 Å². The van der Waals surface area contributed by atoms with Crippen molar-refractivity contribution in [3.63, 3.8) is 0 Å². The van der Waals surface area contributed by atoms with Gasteiger partial charge in [-0.2, -0.15) is 5.26 Å². The van der Waals surface area contributed by atoms with Crippen LogP contribution in [0.1, 0.15) is 5.56 Å². The number of hydrogen-bond donors (Lipinski definition) is 0. The number of fused-ring (bicyclic) bond motifs is 3. The molecule has 7 nitrogen and oxygen atoms in total.